The molecule has 41 heteroatoms. The van der Waals surface area contributed by atoms with Gasteiger partial charge in [-0.15, -0.1) is 0 Å². The Morgan fingerprint density at radius 1 is 0.420 bits per heavy atom. The molecule has 4 saturated carbocycles. The van der Waals surface area contributed by atoms with Crippen molar-refractivity contribution in [1.29, 1.82) is 0 Å². The molecule has 0 spiro atoms. The van der Waals surface area contributed by atoms with E-state index < -0.39 is 43.2 Å². The number of benzene rings is 1. The summed E-state index contributed by atoms with van der Waals surface area (Å²) in [7, 11) is -4.34. The van der Waals surface area contributed by atoms with Gasteiger partial charge in [-0.2, -0.15) is 40.0 Å². The van der Waals surface area contributed by atoms with E-state index in [0.29, 0.717) is 135 Å². The van der Waals surface area contributed by atoms with Crippen molar-refractivity contribution >= 4 is 90.3 Å². The quantitative estimate of drug-likeness (QED) is 0.0271. The van der Waals surface area contributed by atoms with Gasteiger partial charge in [0.1, 0.15) is 48.5 Å². The molecule has 698 valence electrons. The van der Waals surface area contributed by atoms with Gasteiger partial charge in [-0.25, -0.2) is 19.9 Å². The average molecular weight is 1870 g/mol. The van der Waals surface area contributed by atoms with Gasteiger partial charge < -0.3 is 79.3 Å². The van der Waals surface area contributed by atoms with E-state index in [9.17, 15) is 37.3 Å². The Morgan fingerprint density at radius 3 is 1.08 bits per heavy atom. The number of furan rings is 1. The number of aromatic amines is 1. The lowest BCUT2D eigenvalue weighted by Gasteiger charge is -2.32. The lowest BCUT2D eigenvalue weighted by molar-refractivity contribution is 0.265. The number of aliphatic hydroxyl groups is 4. The molecule has 4 unspecified atom stereocenters. The molecule has 0 bridgehead atoms. The number of aromatic nitrogens is 17. The number of aliphatic hydroxyl groups excluding tert-OH is 4. The third-order valence-electron chi connectivity index (χ3n) is 26.7. The number of piperidine rings is 4. The van der Waals surface area contributed by atoms with Crippen LogP contribution < -0.4 is 40.9 Å². The molecule has 131 heavy (non-hydrogen) atoms. The van der Waals surface area contributed by atoms with Crippen molar-refractivity contribution in [3.63, 3.8) is 0 Å². The minimum Gasteiger partial charge on any atom is -0.463 e. The fourth-order valence-electron chi connectivity index (χ4n) is 17.8. The third kappa shape index (κ3) is 19.8. The van der Waals surface area contributed by atoms with Gasteiger partial charge in [0, 0.05) is 160 Å². The van der Waals surface area contributed by atoms with Gasteiger partial charge >= 0.3 is 0 Å². The highest BCUT2D eigenvalue weighted by molar-refractivity contribution is 7.86. The van der Waals surface area contributed by atoms with E-state index in [1.807, 2.05) is 54.6 Å². The van der Waals surface area contributed by atoms with Crippen LogP contribution in [0.5, 0.6) is 0 Å². The van der Waals surface area contributed by atoms with Gasteiger partial charge in [0.25, 0.3) is 0 Å². The summed E-state index contributed by atoms with van der Waals surface area (Å²) in [6.07, 6.45) is 22.2. The number of hydrogen-bond donors (Lipinski definition) is 9. The van der Waals surface area contributed by atoms with Crippen LogP contribution in [0, 0.1) is 0 Å². The largest absolute Gasteiger partial charge is 0.463 e. The first-order valence-corrected chi connectivity index (χ1v) is 50.0. The molecule has 11 aromatic rings. The second-order valence-corrected chi connectivity index (χ2v) is 42.0. The van der Waals surface area contributed by atoms with Crippen molar-refractivity contribution in [2.45, 2.75) is 236 Å². The first-order chi connectivity index (χ1) is 62.4. The van der Waals surface area contributed by atoms with Crippen molar-refractivity contribution in [3.05, 3.63) is 131 Å². The molecule has 4 saturated heterocycles. The summed E-state index contributed by atoms with van der Waals surface area (Å²) in [5.74, 6) is 13.7. The van der Waals surface area contributed by atoms with E-state index in [2.05, 4.69) is 106 Å². The van der Waals surface area contributed by atoms with Crippen molar-refractivity contribution in [1.82, 2.24) is 85.5 Å². The summed E-state index contributed by atoms with van der Waals surface area (Å²) >= 11 is 0. The molecule has 0 amide bonds. The Labute approximate surface area is 770 Å². The maximum absolute atomic E-state index is 12.6. The summed E-state index contributed by atoms with van der Waals surface area (Å²) in [5, 5.41) is 72.5. The molecule has 12 aliphatic rings. The SMILES string of the molecule is C.C.C.CC(C)c1noc(C2CCN(c3nc4c(c(NC5(CO)CC5)n3)S(=O)CC4)CC2)n1.O=S1CCc2nc(N3CCC(c4cc(-c5ccco5)n[nH]4)CC3)nc(NC3(CO)CC3)c21.O=S1CCc2nc(N3CCC(c4nc(-c5ccccc5)no4)CC3)nc(NC3(CO)CC3)c21.O=S1CCc2nc(N3CCC(c4nc(-c5ccncc5)no4)CC3)nc(NC3(CO)CC3)c21. The van der Waals surface area contributed by atoms with Crippen LogP contribution in [0.2, 0.25) is 0 Å². The predicted octanol–water partition coefficient (Wildman–Crippen LogP) is 10.7. The Kier molecular flexibility index (Phi) is 27.4. The van der Waals surface area contributed by atoms with Crippen LogP contribution in [-0.2, 0) is 68.9 Å². The van der Waals surface area contributed by atoms with Crippen LogP contribution in [0.25, 0.3) is 34.2 Å². The van der Waals surface area contributed by atoms with Gasteiger partial charge in [-0.05, 0) is 133 Å². The molecule has 8 aliphatic heterocycles. The van der Waals surface area contributed by atoms with Crippen LogP contribution in [-0.4, -0.2) is 247 Å². The van der Waals surface area contributed by atoms with E-state index in [0.717, 1.165) is 228 Å². The highest BCUT2D eigenvalue weighted by Crippen LogP contribution is 2.47. The summed E-state index contributed by atoms with van der Waals surface area (Å²) in [6, 6.07) is 19.4. The molecule has 9 N–H and O–H groups in total. The van der Waals surface area contributed by atoms with Gasteiger partial charge in [-0.3, -0.25) is 26.9 Å². The Hall–Kier alpha value is -10.6. The van der Waals surface area contributed by atoms with Gasteiger partial charge in [0.05, 0.1) is 121 Å². The van der Waals surface area contributed by atoms with Gasteiger partial charge in [-0.1, -0.05) is 81.9 Å². The highest BCUT2D eigenvalue weighted by atomic mass is 32.2. The number of H-pyrrole nitrogens is 1. The summed E-state index contributed by atoms with van der Waals surface area (Å²) in [6.45, 7) is 10.7. The molecule has 18 heterocycles. The zero-order chi connectivity index (χ0) is 87.4. The van der Waals surface area contributed by atoms with E-state index in [-0.39, 0.29) is 94.5 Å². The summed E-state index contributed by atoms with van der Waals surface area (Å²) in [4.78, 5) is 67.6. The van der Waals surface area contributed by atoms with Crippen molar-refractivity contribution in [2.75, 3.05) is 143 Å². The van der Waals surface area contributed by atoms with Crippen LogP contribution in [0.1, 0.15) is 220 Å². The Bertz CT molecular complexity index is 5730. The molecular weight excluding hydrogens is 1750 g/mol. The number of anilines is 8. The van der Waals surface area contributed by atoms with Gasteiger partial charge in [0.2, 0.25) is 53.1 Å². The zero-order valence-corrected chi connectivity index (χ0v) is 74.7. The zero-order valence-electron chi connectivity index (χ0n) is 71.5. The van der Waals surface area contributed by atoms with Crippen LogP contribution in [0.15, 0.2) is 117 Å². The molecule has 1 aromatic carbocycles. The fourth-order valence-corrected chi connectivity index (χ4v) is 23.0. The molecular formula is C90H117N25O12S4. The fraction of sp³-hybridized carbons (Fsp3) is 0.556. The summed E-state index contributed by atoms with van der Waals surface area (Å²) < 4.78 is 72.3. The lowest BCUT2D eigenvalue weighted by atomic mass is 9.93. The molecule has 23 rings (SSSR count). The smallest absolute Gasteiger partial charge is 0.230 e. The first-order valence-electron chi connectivity index (χ1n) is 44.7. The third-order valence-corrected chi connectivity index (χ3v) is 32.5. The molecule has 4 aliphatic carbocycles. The summed E-state index contributed by atoms with van der Waals surface area (Å²) in [5.41, 5.74) is 5.98. The molecule has 4 atom stereocenters. The maximum Gasteiger partial charge on any atom is 0.230 e. The lowest BCUT2D eigenvalue weighted by Crippen LogP contribution is -2.35. The van der Waals surface area contributed by atoms with Crippen molar-refractivity contribution in [2.24, 2.45) is 0 Å². The number of hydrogen-bond acceptors (Lipinski definition) is 36. The minimum absolute atomic E-state index is 0. The number of aryl methyl sites for hydroxylation is 4. The number of nitrogens with one attached hydrogen (secondary N) is 5. The number of pyridine rings is 1. The highest BCUT2D eigenvalue weighted by Gasteiger charge is 2.49. The second-order valence-electron chi connectivity index (χ2n) is 35.9. The Balaban J connectivity index is 0.000000121. The molecule has 37 nitrogen and oxygen atoms in total. The van der Waals surface area contributed by atoms with Crippen LogP contribution in [0.4, 0.5) is 47.1 Å². The first kappa shape index (κ1) is 92.3. The Morgan fingerprint density at radius 2 is 0.756 bits per heavy atom. The standard InChI is InChI=1S/C23H26N6O3S.C22H25N7O3S.C22H26N6O3S.C20H28N6O3S.3CH4/c30-14-23(9-10-23)27-20-18-17(8-13-33(18)31)24-22(26-20)29-11-6-16(7-12-29)21-25-19(28-32-21)15-4-2-1-3-5-15;30-13-22(6-7-22)27-19-17-16(5-12-33(17)31)24-21(26-19)29-10-3-15(4-11-29)20-25-18(28-32-20)14-1-8-23-9-2-14;29-13-22(6-7-22)25-20-19-15(5-11-32(19)30)23-21(24-20)28-8-3-14(4-9-28)16-12-17(27-26-16)18-2-1-10-31-18;1-12(2)16-22-18(29-25-16)13-3-8-26(9-4-13)19-21-14-5-10-30(28)15(14)17(23-19)24-20(11-27)6-7-20;;;/h1-5,16,30H,6-14H2,(H,24,26,27);1-2,8-9,15,30H,3-7,10-13H2,(H,24,26,27);1-2,10,12,14,29H,3-9,11,13H2,(H,26,27)(H,23,24,25);12-13,27H,3-11H2,1-2H3,(H,21,23,24);3*1H4. The van der Waals surface area contributed by atoms with Crippen molar-refractivity contribution < 1.29 is 55.2 Å². The van der Waals surface area contributed by atoms with Crippen molar-refractivity contribution in [3.8, 4) is 34.2 Å². The minimum atomic E-state index is -1.09. The van der Waals surface area contributed by atoms with E-state index in [1.54, 1.807) is 18.7 Å². The maximum atomic E-state index is 12.6. The number of rotatable bonds is 24. The second kappa shape index (κ2) is 38.9. The topological polar surface area (TPSA) is 485 Å². The normalized spacial score (nSPS) is 21.6. The predicted molar refractivity (Wildman–Crippen MR) is 498 cm³/mol. The average Bonchev–Trinajstić information content (AvgIpc) is 1.63. The molecule has 8 fully saturated rings. The van der Waals surface area contributed by atoms with E-state index in [4.69, 9.17) is 57.9 Å². The number of nitrogens with zero attached hydrogens (tertiary/aromatic N) is 20. The van der Waals surface area contributed by atoms with Crippen LogP contribution in [0.3, 0.4) is 0 Å². The van der Waals surface area contributed by atoms with E-state index in [1.165, 1.54) is 0 Å². The monoisotopic (exact) mass is 1870 g/mol. The van der Waals surface area contributed by atoms with Crippen LogP contribution >= 0.6 is 0 Å². The van der Waals surface area contributed by atoms with Gasteiger partial charge in [0.15, 0.2) is 11.6 Å². The molecule has 10 aromatic heterocycles. The number of fused-ring (bicyclic) bond motifs is 4. The van der Waals surface area contributed by atoms with E-state index >= 15 is 0 Å². The molecule has 0 radical (unpaired) electrons.